The summed E-state index contributed by atoms with van der Waals surface area (Å²) in [5.41, 5.74) is 1.79. The molecule has 0 fully saturated rings. The van der Waals surface area contributed by atoms with E-state index >= 15 is 0 Å². The van der Waals surface area contributed by atoms with Gasteiger partial charge in [-0.3, -0.25) is 0 Å². The fourth-order valence-corrected chi connectivity index (χ4v) is 1.86. The number of amides is 2. The number of hydrogen-bond acceptors (Lipinski definition) is 3. The molecular weight excluding hydrogens is 264 g/mol. The van der Waals surface area contributed by atoms with E-state index in [2.05, 4.69) is 35.5 Å². The van der Waals surface area contributed by atoms with Crippen LogP contribution in [0.1, 0.15) is 33.6 Å². The van der Waals surface area contributed by atoms with Crippen LogP contribution in [-0.2, 0) is 0 Å². The molecular formula is C16H24N4O. The molecule has 2 amide bonds. The lowest BCUT2D eigenvalue weighted by Crippen LogP contribution is -2.37. The summed E-state index contributed by atoms with van der Waals surface area (Å²) >= 11 is 0. The molecule has 0 heterocycles. The normalized spacial score (nSPS) is 11.6. The summed E-state index contributed by atoms with van der Waals surface area (Å²) in [4.78, 5) is 14.1. The average Bonchev–Trinajstić information content (AvgIpc) is 2.46. The second-order valence-electron chi connectivity index (χ2n) is 5.32. The minimum Gasteiger partial charge on any atom is -0.372 e. The molecule has 1 aromatic carbocycles. The van der Waals surface area contributed by atoms with E-state index in [-0.39, 0.29) is 12.1 Å². The molecule has 0 unspecified atom stereocenters. The summed E-state index contributed by atoms with van der Waals surface area (Å²) in [6.07, 6.45) is 1.05. The molecule has 21 heavy (non-hydrogen) atoms. The van der Waals surface area contributed by atoms with Crippen molar-refractivity contribution in [3.05, 3.63) is 24.3 Å². The first-order chi connectivity index (χ1) is 9.97. The molecule has 1 aromatic rings. The van der Waals surface area contributed by atoms with Gasteiger partial charge in [-0.1, -0.05) is 13.0 Å². The molecule has 0 aliphatic rings. The lowest BCUT2D eigenvalue weighted by atomic mass is 10.2. The Morgan fingerprint density at radius 3 is 2.71 bits per heavy atom. The Hall–Kier alpha value is -2.22. The zero-order chi connectivity index (χ0) is 15.8. The lowest BCUT2D eigenvalue weighted by molar-refractivity contribution is 0.248. The molecule has 0 saturated carbocycles. The number of carbonyl (C=O) groups is 1. The van der Waals surface area contributed by atoms with Gasteiger partial charge in [-0.25, -0.2) is 4.79 Å². The minimum atomic E-state index is -0.276. The number of urea groups is 1. The Morgan fingerprint density at radius 1 is 1.43 bits per heavy atom. The molecule has 2 N–H and O–H groups in total. The molecule has 0 aromatic heterocycles. The molecule has 0 spiro atoms. The molecule has 0 radical (unpaired) electrons. The minimum absolute atomic E-state index is 0.114. The number of nitrogens with one attached hydrogen (secondary N) is 2. The molecule has 5 nitrogen and oxygen atoms in total. The summed E-state index contributed by atoms with van der Waals surface area (Å²) < 4.78 is 0. The first kappa shape index (κ1) is 16.8. The van der Waals surface area contributed by atoms with Crippen molar-refractivity contribution in [1.82, 2.24) is 5.32 Å². The second kappa shape index (κ2) is 8.15. The number of rotatable bonds is 6. The van der Waals surface area contributed by atoms with Crippen molar-refractivity contribution in [3.8, 4) is 6.07 Å². The van der Waals surface area contributed by atoms with Gasteiger partial charge in [0.1, 0.15) is 0 Å². The van der Waals surface area contributed by atoms with Gasteiger partial charge in [-0.15, -0.1) is 0 Å². The van der Waals surface area contributed by atoms with Crippen molar-refractivity contribution in [3.63, 3.8) is 0 Å². The molecule has 1 atom stereocenters. The standard InChI is InChI=1S/C16H24N4O/c1-5-13(9-10-17)18-16(21)19-14-7-6-8-15(11-14)20(4)12(2)3/h6-8,11-13H,5,9H2,1-4H3,(H2,18,19,21)/t13-/m0/s1. The van der Waals surface area contributed by atoms with Crippen molar-refractivity contribution in [2.45, 2.75) is 45.7 Å². The van der Waals surface area contributed by atoms with Gasteiger partial charge < -0.3 is 15.5 Å². The maximum absolute atomic E-state index is 11.9. The number of carbonyl (C=O) groups excluding carboxylic acids is 1. The van der Waals surface area contributed by atoms with Crippen molar-refractivity contribution in [2.75, 3.05) is 17.3 Å². The summed E-state index contributed by atoms with van der Waals surface area (Å²) in [5.74, 6) is 0. The summed E-state index contributed by atoms with van der Waals surface area (Å²) in [7, 11) is 2.02. The first-order valence-corrected chi connectivity index (χ1v) is 7.25. The van der Waals surface area contributed by atoms with E-state index in [0.717, 1.165) is 17.8 Å². The van der Waals surface area contributed by atoms with Crippen LogP contribution in [0.4, 0.5) is 16.2 Å². The highest BCUT2D eigenvalue weighted by Gasteiger charge is 2.11. The third-order valence-electron chi connectivity index (χ3n) is 3.45. The summed E-state index contributed by atoms with van der Waals surface area (Å²) in [5, 5.41) is 14.3. The molecule has 0 aliphatic heterocycles. The molecule has 0 aliphatic carbocycles. The van der Waals surface area contributed by atoms with E-state index in [1.807, 2.05) is 38.2 Å². The average molecular weight is 288 g/mol. The van der Waals surface area contributed by atoms with Crippen molar-refractivity contribution in [2.24, 2.45) is 0 Å². The highest BCUT2D eigenvalue weighted by molar-refractivity contribution is 5.90. The van der Waals surface area contributed by atoms with Crippen LogP contribution in [0.5, 0.6) is 0 Å². The molecule has 0 saturated heterocycles. The Kier molecular flexibility index (Phi) is 6.54. The third kappa shape index (κ3) is 5.35. The number of anilines is 2. The van der Waals surface area contributed by atoms with Crippen molar-refractivity contribution < 1.29 is 4.79 Å². The lowest BCUT2D eigenvalue weighted by Gasteiger charge is -2.24. The number of nitrogens with zero attached hydrogens (tertiary/aromatic N) is 2. The maximum atomic E-state index is 11.9. The van der Waals surface area contributed by atoms with Gasteiger partial charge >= 0.3 is 6.03 Å². The highest BCUT2D eigenvalue weighted by atomic mass is 16.2. The van der Waals surface area contributed by atoms with Gasteiger partial charge in [-0.2, -0.15) is 5.26 Å². The van der Waals surface area contributed by atoms with Crippen LogP contribution in [-0.4, -0.2) is 25.2 Å². The predicted molar refractivity (Wildman–Crippen MR) is 86.4 cm³/mol. The van der Waals surface area contributed by atoms with Gasteiger partial charge in [0.2, 0.25) is 0 Å². The van der Waals surface area contributed by atoms with Crippen molar-refractivity contribution in [1.29, 1.82) is 5.26 Å². The van der Waals surface area contributed by atoms with Crippen LogP contribution >= 0.6 is 0 Å². The largest absolute Gasteiger partial charge is 0.372 e. The van der Waals surface area contributed by atoms with Crippen LogP contribution in [0.15, 0.2) is 24.3 Å². The van der Waals surface area contributed by atoms with Crippen molar-refractivity contribution >= 4 is 17.4 Å². The highest BCUT2D eigenvalue weighted by Crippen LogP contribution is 2.20. The van der Waals surface area contributed by atoms with E-state index in [1.165, 1.54) is 0 Å². The molecule has 1 rings (SSSR count). The Labute approximate surface area is 126 Å². The fourth-order valence-electron chi connectivity index (χ4n) is 1.86. The zero-order valence-corrected chi connectivity index (χ0v) is 13.2. The van der Waals surface area contributed by atoms with E-state index in [0.29, 0.717) is 12.5 Å². The van der Waals surface area contributed by atoms with E-state index in [4.69, 9.17) is 5.26 Å². The van der Waals surface area contributed by atoms with Crippen LogP contribution in [0.25, 0.3) is 0 Å². The van der Waals surface area contributed by atoms with Gasteiger partial charge in [-0.05, 0) is 38.5 Å². The predicted octanol–water partition coefficient (Wildman–Crippen LogP) is 3.34. The molecule has 0 bridgehead atoms. The van der Waals surface area contributed by atoms with Gasteiger partial charge in [0.05, 0.1) is 12.5 Å². The molecule has 5 heteroatoms. The smallest absolute Gasteiger partial charge is 0.319 e. The van der Waals surface area contributed by atoms with Gasteiger partial charge in [0.15, 0.2) is 0 Å². The number of benzene rings is 1. The number of hydrogen-bond donors (Lipinski definition) is 2. The first-order valence-electron chi connectivity index (χ1n) is 7.25. The number of nitriles is 1. The zero-order valence-electron chi connectivity index (χ0n) is 13.2. The topological polar surface area (TPSA) is 68.2 Å². The van der Waals surface area contributed by atoms with E-state index < -0.39 is 0 Å². The molecule has 114 valence electrons. The van der Waals surface area contributed by atoms with E-state index in [9.17, 15) is 4.79 Å². The SMILES string of the molecule is CC[C@@H](CC#N)NC(=O)Nc1cccc(N(C)C(C)C)c1. The van der Waals surface area contributed by atoms with Crippen LogP contribution in [0, 0.1) is 11.3 Å². The quantitative estimate of drug-likeness (QED) is 0.843. The van der Waals surface area contributed by atoms with E-state index in [1.54, 1.807) is 0 Å². The van der Waals surface area contributed by atoms with Crippen LogP contribution in [0.3, 0.4) is 0 Å². The Morgan fingerprint density at radius 2 is 2.14 bits per heavy atom. The third-order valence-corrected chi connectivity index (χ3v) is 3.45. The van der Waals surface area contributed by atoms with Crippen LogP contribution in [0.2, 0.25) is 0 Å². The fraction of sp³-hybridized carbons (Fsp3) is 0.500. The Balaban J connectivity index is 2.68. The monoisotopic (exact) mass is 288 g/mol. The maximum Gasteiger partial charge on any atom is 0.319 e. The van der Waals surface area contributed by atoms with Gasteiger partial charge in [0.25, 0.3) is 0 Å². The van der Waals surface area contributed by atoms with Gasteiger partial charge in [0, 0.05) is 30.5 Å². The second-order valence-corrected chi connectivity index (χ2v) is 5.32. The Bertz CT molecular complexity index is 507. The van der Waals surface area contributed by atoms with Crippen LogP contribution < -0.4 is 15.5 Å². The summed E-state index contributed by atoms with van der Waals surface area (Å²) in [6.45, 7) is 6.17. The summed E-state index contributed by atoms with van der Waals surface area (Å²) in [6, 6.07) is 9.77.